The Morgan fingerprint density at radius 2 is 1.00 bits per heavy atom. The van der Waals surface area contributed by atoms with E-state index in [9.17, 15) is 10.2 Å². The summed E-state index contributed by atoms with van der Waals surface area (Å²) in [6, 6.07) is 12.2. The molecule has 6 N–H and O–H groups in total. The van der Waals surface area contributed by atoms with Gasteiger partial charge in [-0.2, -0.15) is 0 Å². The molecule has 2 unspecified atom stereocenters. The van der Waals surface area contributed by atoms with Gasteiger partial charge in [-0.15, -0.1) is 0 Å². The summed E-state index contributed by atoms with van der Waals surface area (Å²) in [6.07, 6.45) is 15.1. The van der Waals surface area contributed by atoms with E-state index >= 15 is 0 Å². The number of anilines is 2. The fourth-order valence-corrected chi connectivity index (χ4v) is 12.4. The standard InChI is InChI=1S/C32H40N2O2/c33-26-11-23(1-3-28(26)35)32(24-2-4-29(36)27(34)12-24)25-9-21-8-22(10-25)17-31(32,16-21)30-13-18-5-19(14-30)7-20(6-18)15-30/h1-4,11-12,18-22,25,35-36H,5-10,13-17,33-34H2. The molecule has 8 saturated carbocycles. The molecule has 8 fully saturated rings. The summed E-state index contributed by atoms with van der Waals surface area (Å²) in [5, 5.41) is 20.9. The van der Waals surface area contributed by atoms with Crippen LogP contribution < -0.4 is 11.5 Å². The van der Waals surface area contributed by atoms with Crippen LogP contribution >= 0.6 is 0 Å². The van der Waals surface area contributed by atoms with Crippen molar-refractivity contribution in [3.63, 3.8) is 0 Å². The highest BCUT2D eigenvalue weighted by Crippen LogP contribution is 2.81. The molecule has 10 rings (SSSR count). The van der Waals surface area contributed by atoms with Gasteiger partial charge in [-0.3, -0.25) is 0 Å². The van der Waals surface area contributed by atoms with Gasteiger partial charge in [0, 0.05) is 5.41 Å². The van der Waals surface area contributed by atoms with E-state index in [1.807, 2.05) is 12.1 Å². The third-order valence-electron chi connectivity index (χ3n) is 12.6. The Balaban J connectivity index is 1.44. The third kappa shape index (κ3) is 2.52. The highest BCUT2D eigenvalue weighted by Gasteiger charge is 2.74. The highest BCUT2D eigenvalue weighted by molar-refractivity contribution is 5.62. The largest absolute Gasteiger partial charge is 0.506 e. The molecule has 8 aliphatic carbocycles. The predicted molar refractivity (Wildman–Crippen MR) is 142 cm³/mol. The Morgan fingerprint density at radius 1 is 0.583 bits per heavy atom. The molecule has 4 nitrogen and oxygen atoms in total. The SMILES string of the molecule is Nc1cc(C2(c3ccc(O)c(N)c3)C3CC4CC(C3)CC2(C23CC5CC(CC(C5)C2)C3)C4)ccc1O. The molecule has 4 heteroatoms. The van der Waals surface area contributed by atoms with Crippen molar-refractivity contribution in [1.82, 2.24) is 0 Å². The van der Waals surface area contributed by atoms with Gasteiger partial charge >= 0.3 is 0 Å². The molecule has 2 aromatic carbocycles. The van der Waals surface area contributed by atoms with E-state index in [0.29, 0.717) is 22.7 Å². The molecule has 36 heavy (non-hydrogen) atoms. The number of rotatable bonds is 3. The first-order valence-corrected chi connectivity index (χ1v) is 14.5. The summed E-state index contributed by atoms with van der Waals surface area (Å²) in [6.45, 7) is 0. The van der Waals surface area contributed by atoms with E-state index in [0.717, 1.165) is 29.6 Å². The van der Waals surface area contributed by atoms with E-state index < -0.39 is 0 Å². The highest BCUT2D eigenvalue weighted by atomic mass is 16.3. The zero-order chi connectivity index (χ0) is 24.4. The van der Waals surface area contributed by atoms with Gasteiger partial charge in [0.05, 0.1) is 11.4 Å². The number of nitrogens with two attached hydrogens (primary N) is 2. The monoisotopic (exact) mass is 484 g/mol. The second kappa shape index (κ2) is 6.94. The van der Waals surface area contributed by atoms with Crippen molar-refractivity contribution in [3.05, 3.63) is 47.5 Å². The number of nitrogen functional groups attached to an aromatic ring is 2. The number of hydrogen-bond donors (Lipinski definition) is 4. The van der Waals surface area contributed by atoms with Crippen LogP contribution in [0.4, 0.5) is 11.4 Å². The van der Waals surface area contributed by atoms with Crippen LogP contribution in [0.1, 0.15) is 81.8 Å². The summed E-state index contributed by atoms with van der Waals surface area (Å²) in [5.41, 5.74) is 16.8. The van der Waals surface area contributed by atoms with Crippen LogP contribution in [0.25, 0.3) is 0 Å². The van der Waals surface area contributed by atoms with E-state index in [2.05, 4.69) is 24.3 Å². The second-order valence-corrected chi connectivity index (χ2v) is 14.2. The van der Waals surface area contributed by atoms with Gasteiger partial charge in [-0.1, -0.05) is 12.1 Å². The number of phenols is 2. The summed E-state index contributed by atoms with van der Waals surface area (Å²) >= 11 is 0. The van der Waals surface area contributed by atoms with Crippen LogP contribution in [0.15, 0.2) is 36.4 Å². The van der Waals surface area contributed by atoms with E-state index in [4.69, 9.17) is 11.5 Å². The first-order valence-electron chi connectivity index (χ1n) is 14.5. The summed E-state index contributed by atoms with van der Waals surface area (Å²) in [5.74, 6) is 5.24. The van der Waals surface area contributed by atoms with E-state index in [1.54, 1.807) is 0 Å². The number of phenolic OH excluding ortho intramolecular Hbond substituents is 2. The zero-order valence-corrected chi connectivity index (χ0v) is 21.3. The van der Waals surface area contributed by atoms with Crippen molar-refractivity contribution in [1.29, 1.82) is 0 Å². The lowest BCUT2D eigenvalue weighted by atomic mass is 9.27. The minimum Gasteiger partial charge on any atom is -0.506 e. The second-order valence-electron chi connectivity index (χ2n) is 14.2. The van der Waals surface area contributed by atoms with E-state index in [1.165, 1.54) is 81.8 Å². The zero-order valence-electron chi connectivity index (χ0n) is 21.3. The molecule has 0 amide bonds. The van der Waals surface area contributed by atoms with Crippen molar-refractivity contribution in [2.75, 3.05) is 11.5 Å². The molecule has 0 aliphatic heterocycles. The molecule has 0 aromatic heterocycles. The minimum atomic E-state index is -0.185. The Morgan fingerprint density at radius 3 is 1.42 bits per heavy atom. The minimum absolute atomic E-state index is 0.173. The summed E-state index contributed by atoms with van der Waals surface area (Å²) in [7, 11) is 0. The maximum absolute atomic E-state index is 10.4. The molecule has 2 aromatic rings. The molecule has 0 saturated heterocycles. The van der Waals surface area contributed by atoms with Gasteiger partial charge in [0.1, 0.15) is 11.5 Å². The fraction of sp³-hybridized carbons (Fsp3) is 0.625. The average molecular weight is 485 g/mol. The van der Waals surface area contributed by atoms with Crippen molar-refractivity contribution in [3.8, 4) is 11.5 Å². The lowest BCUT2D eigenvalue weighted by molar-refractivity contribution is -0.234. The van der Waals surface area contributed by atoms with Crippen LogP contribution in [0.2, 0.25) is 0 Å². The Bertz CT molecular complexity index is 1150. The summed E-state index contributed by atoms with van der Waals surface area (Å²) in [4.78, 5) is 0. The molecule has 190 valence electrons. The molecule has 2 atom stereocenters. The van der Waals surface area contributed by atoms with Crippen LogP contribution in [0.5, 0.6) is 11.5 Å². The fourth-order valence-electron chi connectivity index (χ4n) is 12.4. The molecular weight excluding hydrogens is 444 g/mol. The van der Waals surface area contributed by atoms with Gasteiger partial charge in [-0.25, -0.2) is 0 Å². The number of benzene rings is 2. The molecule has 0 radical (unpaired) electrons. The average Bonchev–Trinajstić information content (AvgIpc) is 2.82. The maximum Gasteiger partial charge on any atom is 0.138 e. The van der Waals surface area contributed by atoms with Crippen molar-refractivity contribution >= 4 is 11.4 Å². The van der Waals surface area contributed by atoms with Crippen LogP contribution in [0.3, 0.4) is 0 Å². The molecule has 0 spiro atoms. The van der Waals surface area contributed by atoms with Gasteiger partial charge in [-0.05, 0) is 152 Å². The van der Waals surface area contributed by atoms with Crippen LogP contribution in [0, 0.1) is 46.3 Å². The maximum atomic E-state index is 10.4. The van der Waals surface area contributed by atoms with Crippen molar-refractivity contribution < 1.29 is 10.2 Å². The lowest BCUT2D eigenvalue weighted by Crippen LogP contribution is -2.71. The van der Waals surface area contributed by atoms with Crippen molar-refractivity contribution in [2.45, 2.75) is 76.0 Å². The first-order chi connectivity index (χ1) is 17.3. The first kappa shape index (κ1) is 21.7. The number of aromatic hydroxyl groups is 2. The third-order valence-corrected chi connectivity index (χ3v) is 12.6. The molecule has 8 bridgehead atoms. The summed E-state index contributed by atoms with van der Waals surface area (Å²) < 4.78 is 0. The topological polar surface area (TPSA) is 92.5 Å². The Kier molecular flexibility index (Phi) is 4.18. The Hall–Kier alpha value is -2.36. The normalized spacial score (nSPS) is 43.2. The van der Waals surface area contributed by atoms with Crippen LogP contribution in [-0.4, -0.2) is 10.2 Å². The van der Waals surface area contributed by atoms with Crippen molar-refractivity contribution in [2.24, 2.45) is 46.3 Å². The number of hydrogen-bond acceptors (Lipinski definition) is 4. The Labute approximate surface area is 214 Å². The quantitative estimate of drug-likeness (QED) is 0.292. The predicted octanol–water partition coefficient (Wildman–Crippen LogP) is 6.59. The van der Waals surface area contributed by atoms with Gasteiger partial charge in [0.2, 0.25) is 0 Å². The molecular formula is C32H40N2O2. The molecule has 0 heterocycles. The van der Waals surface area contributed by atoms with Gasteiger partial charge < -0.3 is 21.7 Å². The smallest absolute Gasteiger partial charge is 0.138 e. The lowest BCUT2D eigenvalue weighted by Gasteiger charge is -2.77. The van der Waals surface area contributed by atoms with Crippen LogP contribution in [-0.2, 0) is 5.41 Å². The van der Waals surface area contributed by atoms with Gasteiger partial charge in [0.25, 0.3) is 0 Å². The van der Waals surface area contributed by atoms with E-state index in [-0.39, 0.29) is 22.3 Å². The van der Waals surface area contributed by atoms with Gasteiger partial charge in [0.15, 0.2) is 0 Å². The molecule has 8 aliphatic rings.